The number of aromatic nitrogens is 2. The molecule has 3 rings (SSSR count). The zero-order valence-electron chi connectivity index (χ0n) is 13.3. The lowest BCUT2D eigenvalue weighted by molar-refractivity contribution is 0.0988. The van der Waals surface area contributed by atoms with Gasteiger partial charge in [-0.3, -0.25) is 4.79 Å². The van der Waals surface area contributed by atoms with Gasteiger partial charge in [0, 0.05) is 25.2 Å². The van der Waals surface area contributed by atoms with Gasteiger partial charge in [-0.1, -0.05) is 67.6 Å². The van der Waals surface area contributed by atoms with E-state index in [1.807, 2.05) is 73.3 Å². The van der Waals surface area contributed by atoms with Gasteiger partial charge in [0.15, 0.2) is 10.6 Å². The molecule has 0 bridgehead atoms. The highest BCUT2D eigenvalue weighted by Crippen LogP contribution is 2.17. The molecule has 1 aromatic heterocycles. The van der Waals surface area contributed by atoms with Gasteiger partial charge in [-0.2, -0.15) is 0 Å². The second-order valence-electron chi connectivity index (χ2n) is 5.05. The first-order valence-electron chi connectivity index (χ1n) is 7.51. The van der Waals surface area contributed by atoms with Gasteiger partial charge < -0.3 is 9.55 Å². The van der Waals surface area contributed by atoms with Crippen molar-refractivity contribution in [1.82, 2.24) is 9.55 Å². The molecule has 0 amide bonds. The van der Waals surface area contributed by atoms with E-state index in [9.17, 15) is 4.79 Å². The number of aromatic amines is 1. The summed E-state index contributed by atoms with van der Waals surface area (Å²) in [5, 5.41) is 0. The zero-order chi connectivity index (χ0) is 16.7. The highest BCUT2D eigenvalue weighted by Gasteiger charge is 2.01. The van der Waals surface area contributed by atoms with E-state index in [0.717, 1.165) is 16.0 Å². The molecule has 23 heavy (non-hydrogen) atoms. The molecule has 4 heteroatoms. The molecule has 3 aromatic rings. The van der Waals surface area contributed by atoms with Gasteiger partial charge in [0.05, 0.1) is 5.69 Å². The Hall–Kier alpha value is -2.46. The lowest BCUT2D eigenvalue weighted by atomic mass is 10.1. The monoisotopic (exact) mass is 324 g/mol. The van der Waals surface area contributed by atoms with Crippen LogP contribution in [0.25, 0.3) is 11.3 Å². The van der Waals surface area contributed by atoms with Crippen molar-refractivity contribution in [3.63, 3.8) is 0 Å². The molecule has 0 unspecified atom stereocenters. The van der Waals surface area contributed by atoms with Crippen molar-refractivity contribution < 1.29 is 4.79 Å². The summed E-state index contributed by atoms with van der Waals surface area (Å²) in [6.45, 7) is 1.87. The third-order valence-corrected chi connectivity index (χ3v) is 3.88. The van der Waals surface area contributed by atoms with E-state index >= 15 is 0 Å². The van der Waals surface area contributed by atoms with Gasteiger partial charge in [-0.15, -0.1) is 0 Å². The molecule has 0 radical (unpaired) electrons. The predicted molar refractivity (Wildman–Crippen MR) is 97.1 cm³/mol. The van der Waals surface area contributed by atoms with Crippen LogP contribution in [0.1, 0.15) is 23.7 Å². The Bertz CT molecular complexity index is 804. The van der Waals surface area contributed by atoms with Gasteiger partial charge in [0.1, 0.15) is 0 Å². The molecular weight excluding hydrogens is 304 g/mol. The maximum Gasteiger partial charge on any atom is 0.177 e. The molecule has 1 heterocycles. The number of nitrogens with one attached hydrogen (secondary N) is 1. The van der Waals surface area contributed by atoms with Crippen LogP contribution in [0.2, 0.25) is 0 Å². The second-order valence-corrected chi connectivity index (χ2v) is 5.43. The topological polar surface area (TPSA) is 37.8 Å². The number of benzene rings is 2. The fourth-order valence-corrected chi connectivity index (χ4v) is 2.30. The van der Waals surface area contributed by atoms with Gasteiger partial charge in [0.2, 0.25) is 0 Å². The number of carbonyl (C=O) groups is 1. The minimum Gasteiger partial charge on any atom is -0.337 e. The molecule has 3 nitrogen and oxygen atoms in total. The van der Waals surface area contributed by atoms with E-state index in [0.29, 0.717) is 6.42 Å². The molecule has 2 aromatic carbocycles. The van der Waals surface area contributed by atoms with Crippen LogP contribution in [-0.4, -0.2) is 15.3 Å². The van der Waals surface area contributed by atoms with Crippen LogP contribution in [0.3, 0.4) is 0 Å². The van der Waals surface area contributed by atoms with Crippen molar-refractivity contribution in [1.29, 1.82) is 0 Å². The van der Waals surface area contributed by atoms with Gasteiger partial charge in [-0.25, -0.2) is 0 Å². The smallest absolute Gasteiger partial charge is 0.177 e. The zero-order valence-corrected chi connectivity index (χ0v) is 14.1. The number of nitrogens with zero attached hydrogens (tertiary/aromatic N) is 1. The fourth-order valence-electron chi connectivity index (χ4n) is 2.15. The minimum atomic E-state index is 0.209. The SMILES string of the molecule is CCC(=O)c1ccccc1.Cn1c(-c2ccccc2)c[nH]c1=S. The van der Waals surface area contributed by atoms with Crippen molar-refractivity contribution >= 4 is 18.0 Å². The number of hydrogen-bond acceptors (Lipinski definition) is 2. The van der Waals surface area contributed by atoms with Crippen LogP contribution >= 0.6 is 12.2 Å². The summed E-state index contributed by atoms with van der Waals surface area (Å²) >= 11 is 5.08. The van der Waals surface area contributed by atoms with E-state index in [-0.39, 0.29) is 5.78 Å². The van der Waals surface area contributed by atoms with Crippen molar-refractivity contribution in [3.8, 4) is 11.3 Å². The van der Waals surface area contributed by atoms with Gasteiger partial charge >= 0.3 is 0 Å². The van der Waals surface area contributed by atoms with E-state index in [2.05, 4.69) is 17.1 Å². The highest BCUT2D eigenvalue weighted by atomic mass is 32.1. The number of H-pyrrole nitrogens is 1. The lowest BCUT2D eigenvalue weighted by Gasteiger charge is -2.00. The van der Waals surface area contributed by atoms with Crippen LogP contribution in [0.4, 0.5) is 0 Å². The van der Waals surface area contributed by atoms with Gasteiger partial charge in [-0.05, 0) is 17.8 Å². The average Bonchev–Trinajstić information content (AvgIpc) is 2.95. The van der Waals surface area contributed by atoms with Gasteiger partial charge in [0.25, 0.3) is 0 Å². The van der Waals surface area contributed by atoms with Crippen molar-refractivity contribution in [2.45, 2.75) is 13.3 Å². The summed E-state index contributed by atoms with van der Waals surface area (Å²) in [6.07, 6.45) is 2.52. The number of ketones is 1. The van der Waals surface area contributed by atoms with E-state index in [1.54, 1.807) is 0 Å². The van der Waals surface area contributed by atoms with Crippen molar-refractivity contribution in [2.75, 3.05) is 0 Å². The van der Waals surface area contributed by atoms with E-state index in [1.165, 1.54) is 5.56 Å². The van der Waals surface area contributed by atoms with Crippen LogP contribution in [0.5, 0.6) is 0 Å². The van der Waals surface area contributed by atoms with Crippen molar-refractivity contribution in [2.24, 2.45) is 7.05 Å². The van der Waals surface area contributed by atoms with Crippen LogP contribution in [0.15, 0.2) is 66.9 Å². The largest absolute Gasteiger partial charge is 0.337 e. The molecule has 0 saturated heterocycles. The summed E-state index contributed by atoms with van der Waals surface area (Å²) in [4.78, 5) is 14.0. The van der Waals surface area contributed by atoms with Crippen LogP contribution in [0, 0.1) is 4.77 Å². The molecule has 118 valence electrons. The number of rotatable bonds is 3. The summed E-state index contributed by atoms with van der Waals surface area (Å²) < 4.78 is 2.71. The van der Waals surface area contributed by atoms with E-state index < -0.39 is 0 Å². The fraction of sp³-hybridized carbons (Fsp3) is 0.158. The maximum atomic E-state index is 11.0. The first kappa shape index (κ1) is 16.9. The predicted octanol–water partition coefficient (Wildman–Crippen LogP) is 5.03. The summed E-state index contributed by atoms with van der Waals surface area (Å²) in [6, 6.07) is 19.5. The molecular formula is C19H20N2OS. The minimum absolute atomic E-state index is 0.209. The quantitative estimate of drug-likeness (QED) is 0.542. The first-order chi connectivity index (χ1) is 11.1. The summed E-state index contributed by atoms with van der Waals surface area (Å²) in [7, 11) is 1.96. The second kappa shape index (κ2) is 8.25. The molecule has 0 saturated carbocycles. The Labute approximate surface area is 141 Å². The maximum absolute atomic E-state index is 11.0. The van der Waals surface area contributed by atoms with Crippen LogP contribution < -0.4 is 0 Å². The average molecular weight is 324 g/mol. The Kier molecular flexibility index (Phi) is 6.06. The summed E-state index contributed by atoms with van der Waals surface area (Å²) in [5.74, 6) is 0.209. The number of carbonyl (C=O) groups excluding carboxylic acids is 1. The van der Waals surface area contributed by atoms with Crippen molar-refractivity contribution in [3.05, 3.63) is 77.2 Å². The Balaban J connectivity index is 0.000000174. The number of imidazole rings is 1. The molecule has 0 spiro atoms. The first-order valence-corrected chi connectivity index (χ1v) is 7.92. The molecule has 0 aliphatic heterocycles. The molecule has 0 atom stereocenters. The molecule has 0 aliphatic carbocycles. The third kappa shape index (κ3) is 4.50. The third-order valence-electron chi connectivity index (χ3n) is 3.48. The molecule has 0 aliphatic rings. The normalized spacial score (nSPS) is 9.83. The number of hydrogen-bond donors (Lipinski definition) is 1. The van der Waals surface area contributed by atoms with E-state index in [4.69, 9.17) is 12.2 Å². The Morgan fingerprint density at radius 1 is 1.04 bits per heavy atom. The molecule has 1 N–H and O–H groups in total. The standard InChI is InChI=1S/C10H10N2S.C9H10O/c1-12-9(7-11-10(12)13)8-5-3-2-4-6-8;1-2-9(10)8-6-4-3-5-7-8/h2-7H,1H3,(H,11,13);3-7H,2H2,1H3. The molecule has 0 fully saturated rings. The highest BCUT2D eigenvalue weighted by molar-refractivity contribution is 7.71. The Morgan fingerprint density at radius 3 is 2.09 bits per heavy atom. The Morgan fingerprint density at radius 2 is 1.61 bits per heavy atom. The van der Waals surface area contributed by atoms with Crippen LogP contribution in [-0.2, 0) is 7.05 Å². The summed E-state index contributed by atoms with van der Waals surface area (Å²) in [5.41, 5.74) is 3.10. The number of Topliss-reactive ketones (excluding diaryl/α,β-unsaturated/α-hetero) is 1. The lowest BCUT2D eigenvalue weighted by Crippen LogP contribution is -1.94.